The summed E-state index contributed by atoms with van der Waals surface area (Å²) in [6.45, 7) is 7.48. The summed E-state index contributed by atoms with van der Waals surface area (Å²) >= 11 is 5.95. The number of hydrogen-bond acceptors (Lipinski definition) is 2. The number of hydrogen-bond donors (Lipinski definition) is 1. The molecule has 1 rings (SSSR count). The van der Waals surface area contributed by atoms with E-state index in [0.717, 1.165) is 30.8 Å². The van der Waals surface area contributed by atoms with Crippen molar-refractivity contribution in [1.82, 2.24) is 5.32 Å². The molecule has 0 aliphatic heterocycles. The van der Waals surface area contributed by atoms with Crippen molar-refractivity contribution in [2.75, 3.05) is 13.7 Å². The molecular weight excluding hydrogens is 258 g/mol. The van der Waals surface area contributed by atoms with Crippen molar-refractivity contribution in [2.24, 2.45) is 0 Å². The van der Waals surface area contributed by atoms with Crippen LogP contribution in [0.3, 0.4) is 0 Å². The second-order valence-corrected chi connectivity index (χ2v) is 6.00. The Hall–Kier alpha value is -0.570. The number of rotatable bonds is 8. The molecule has 1 aromatic carbocycles. The second kappa shape index (κ2) is 7.88. The molecule has 19 heavy (non-hydrogen) atoms. The smallest absolute Gasteiger partial charge is 0.0623 e. The predicted octanol–water partition coefficient (Wildman–Crippen LogP) is 4.59. The van der Waals surface area contributed by atoms with Crippen LogP contribution in [0.1, 0.15) is 51.6 Å². The van der Waals surface area contributed by atoms with Crippen molar-refractivity contribution in [3.8, 4) is 0 Å². The molecule has 0 fully saturated rings. The summed E-state index contributed by atoms with van der Waals surface area (Å²) in [4.78, 5) is 0. The number of methoxy groups -OCH3 is 1. The van der Waals surface area contributed by atoms with Gasteiger partial charge in [0, 0.05) is 18.2 Å². The van der Waals surface area contributed by atoms with E-state index in [1.807, 2.05) is 12.1 Å². The highest BCUT2D eigenvalue weighted by atomic mass is 35.5. The molecule has 1 aromatic rings. The molecule has 0 radical (unpaired) electrons. The van der Waals surface area contributed by atoms with Gasteiger partial charge in [-0.25, -0.2) is 0 Å². The van der Waals surface area contributed by atoms with Crippen LogP contribution in [0.5, 0.6) is 0 Å². The molecule has 0 aliphatic carbocycles. The largest absolute Gasteiger partial charge is 0.379 e. The van der Waals surface area contributed by atoms with Crippen molar-refractivity contribution >= 4 is 11.6 Å². The fourth-order valence-electron chi connectivity index (χ4n) is 1.99. The van der Waals surface area contributed by atoms with Crippen LogP contribution in [0, 0.1) is 0 Å². The lowest BCUT2D eigenvalue weighted by atomic mass is 9.95. The molecule has 0 aliphatic rings. The number of nitrogens with one attached hydrogen (secondary N) is 1. The minimum Gasteiger partial charge on any atom is -0.379 e. The van der Waals surface area contributed by atoms with E-state index < -0.39 is 0 Å². The molecule has 0 amide bonds. The van der Waals surface area contributed by atoms with Crippen molar-refractivity contribution in [3.05, 3.63) is 34.9 Å². The Balaban J connectivity index is 2.68. The average molecular weight is 284 g/mol. The first-order chi connectivity index (χ1) is 8.98. The summed E-state index contributed by atoms with van der Waals surface area (Å²) in [6, 6.07) is 8.50. The summed E-state index contributed by atoms with van der Waals surface area (Å²) in [5, 5.41) is 4.39. The van der Waals surface area contributed by atoms with Crippen LogP contribution in [-0.4, -0.2) is 19.3 Å². The van der Waals surface area contributed by atoms with Crippen molar-refractivity contribution in [1.29, 1.82) is 0 Å². The standard InChI is InChI=1S/C16H26ClNO/c1-5-12-18-15(10-11-16(2,3)19-4)13-6-8-14(17)9-7-13/h6-9,15,18H,5,10-12H2,1-4H3. The van der Waals surface area contributed by atoms with Crippen molar-refractivity contribution in [3.63, 3.8) is 0 Å². The third-order valence-electron chi connectivity index (χ3n) is 3.50. The third-order valence-corrected chi connectivity index (χ3v) is 3.75. The zero-order valence-corrected chi connectivity index (χ0v) is 13.3. The van der Waals surface area contributed by atoms with E-state index in [-0.39, 0.29) is 5.60 Å². The van der Waals surface area contributed by atoms with Gasteiger partial charge in [0.1, 0.15) is 0 Å². The third kappa shape index (κ3) is 5.94. The Morgan fingerprint density at radius 3 is 2.42 bits per heavy atom. The molecule has 0 saturated carbocycles. The molecule has 1 unspecified atom stereocenters. The van der Waals surface area contributed by atoms with Crippen LogP contribution in [0.2, 0.25) is 5.02 Å². The van der Waals surface area contributed by atoms with Gasteiger partial charge in [0.2, 0.25) is 0 Å². The lowest BCUT2D eigenvalue weighted by Gasteiger charge is -2.26. The second-order valence-electron chi connectivity index (χ2n) is 5.56. The highest BCUT2D eigenvalue weighted by molar-refractivity contribution is 6.30. The SMILES string of the molecule is CCCNC(CCC(C)(C)OC)c1ccc(Cl)cc1. The number of ether oxygens (including phenoxy) is 1. The first kappa shape index (κ1) is 16.5. The van der Waals surface area contributed by atoms with E-state index in [4.69, 9.17) is 16.3 Å². The number of halogens is 1. The van der Waals surface area contributed by atoms with E-state index in [0.29, 0.717) is 6.04 Å². The first-order valence-corrected chi connectivity index (χ1v) is 7.40. The number of benzene rings is 1. The maximum atomic E-state index is 5.95. The van der Waals surface area contributed by atoms with Gasteiger partial charge in [0.15, 0.2) is 0 Å². The van der Waals surface area contributed by atoms with Gasteiger partial charge in [-0.3, -0.25) is 0 Å². The normalized spacial score (nSPS) is 13.5. The van der Waals surface area contributed by atoms with E-state index in [2.05, 4.69) is 38.2 Å². The Morgan fingerprint density at radius 2 is 1.89 bits per heavy atom. The lowest BCUT2D eigenvalue weighted by molar-refractivity contribution is 0.0117. The van der Waals surface area contributed by atoms with Crippen LogP contribution in [0.25, 0.3) is 0 Å². The molecule has 0 aromatic heterocycles. The Morgan fingerprint density at radius 1 is 1.26 bits per heavy atom. The van der Waals surface area contributed by atoms with Gasteiger partial charge in [-0.1, -0.05) is 30.7 Å². The quantitative estimate of drug-likeness (QED) is 0.754. The Bertz CT molecular complexity index is 362. The molecule has 0 saturated heterocycles. The highest BCUT2D eigenvalue weighted by Crippen LogP contribution is 2.25. The molecule has 0 bridgehead atoms. The first-order valence-electron chi connectivity index (χ1n) is 7.02. The van der Waals surface area contributed by atoms with Crippen LogP contribution in [0.4, 0.5) is 0 Å². The van der Waals surface area contributed by atoms with Crippen molar-refractivity contribution < 1.29 is 4.74 Å². The topological polar surface area (TPSA) is 21.3 Å². The monoisotopic (exact) mass is 283 g/mol. The zero-order valence-electron chi connectivity index (χ0n) is 12.5. The van der Waals surface area contributed by atoms with Crippen LogP contribution >= 0.6 is 11.6 Å². The maximum absolute atomic E-state index is 5.95. The van der Waals surface area contributed by atoms with Gasteiger partial charge in [-0.2, -0.15) is 0 Å². The van der Waals surface area contributed by atoms with Gasteiger partial charge in [0.25, 0.3) is 0 Å². The highest BCUT2D eigenvalue weighted by Gasteiger charge is 2.19. The zero-order chi connectivity index (χ0) is 14.3. The Labute approximate surface area is 122 Å². The van der Waals surface area contributed by atoms with E-state index in [9.17, 15) is 0 Å². The van der Waals surface area contributed by atoms with Gasteiger partial charge in [-0.05, 0) is 57.4 Å². The van der Waals surface area contributed by atoms with Crippen molar-refractivity contribution in [2.45, 2.75) is 51.7 Å². The minimum absolute atomic E-state index is 0.0709. The molecule has 108 valence electrons. The fourth-order valence-corrected chi connectivity index (χ4v) is 2.12. The lowest BCUT2D eigenvalue weighted by Crippen LogP contribution is -2.27. The molecule has 0 spiro atoms. The molecule has 0 heterocycles. The fraction of sp³-hybridized carbons (Fsp3) is 0.625. The molecule has 3 heteroatoms. The maximum Gasteiger partial charge on any atom is 0.0623 e. The van der Waals surface area contributed by atoms with Crippen LogP contribution < -0.4 is 5.32 Å². The summed E-state index contributed by atoms with van der Waals surface area (Å²) < 4.78 is 5.50. The van der Waals surface area contributed by atoms with Gasteiger partial charge in [-0.15, -0.1) is 0 Å². The minimum atomic E-state index is -0.0709. The summed E-state index contributed by atoms with van der Waals surface area (Å²) in [7, 11) is 1.77. The van der Waals surface area contributed by atoms with Gasteiger partial charge in [0.05, 0.1) is 5.60 Å². The van der Waals surface area contributed by atoms with Gasteiger partial charge < -0.3 is 10.1 Å². The van der Waals surface area contributed by atoms with E-state index in [1.165, 1.54) is 5.56 Å². The molecule has 1 atom stereocenters. The average Bonchev–Trinajstić information content (AvgIpc) is 2.40. The molecule has 1 N–H and O–H groups in total. The van der Waals surface area contributed by atoms with Gasteiger partial charge >= 0.3 is 0 Å². The Kier molecular flexibility index (Phi) is 6.84. The summed E-state index contributed by atoms with van der Waals surface area (Å²) in [6.07, 6.45) is 3.22. The van der Waals surface area contributed by atoms with Crippen LogP contribution in [0.15, 0.2) is 24.3 Å². The van der Waals surface area contributed by atoms with E-state index >= 15 is 0 Å². The molecular formula is C16H26ClNO. The van der Waals surface area contributed by atoms with Crippen LogP contribution in [-0.2, 0) is 4.74 Å². The predicted molar refractivity (Wildman–Crippen MR) is 82.8 cm³/mol. The van der Waals surface area contributed by atoms with E-state index in [1.54, 1.807) is 7.11 Å². The summed E-state index contributed by atoms with van der Waals surface area (Å²) in [5.74, 6) is 0. The summed E-state index contributed by atoms with van der Waals surface area (Å²) in [5.41, 5.74) is 1.23. The molecule has 2 nitrogen and oxygen atoms in total.